The summed E-state index contributed by atoms with van der Waals surface area (Å²) in [5.74, 6) is 0.475. The van der Waals surface area contributed by atoms with Gasteiger partial charge in [0.25, 0.3) is 0 Å². The van der Waals surface area contributed by atoms with E-state index in [1.807, 2.05) is 31.2 Å². The van der Waals surface area contributed by atoms with E-state index >= 15 is 0 Å². The van der Waals surface area contributed by atoms with E-state index in [0.29, 0.717) is 13.2 Å². The summed E-state index contributed by atoms with van der Waals surface area (Å²) in [5.41, 5.74) is 0.436. The van der Waals surface area contributed by atoms with Gasteiger partial charge in [0.1, 0.15) is 17.9 Å². The first kappa shape index (κ1) is 16.5. The second-order valence-corrected chi connectivity index (χ2v) is 4.87. The molecular weight excluding hydrogens is 254 g/mol. The molecule has 1 atom stereocenters. The van der Waals surface area contributed by atoms with Crippen LogP contribution in [0.1, 0.15) is 33.3 Å². The average molecular weight is 279 g/mol. The van der Waals surface area contributed by atoms with Crippen LogP contribution in [0.15, 0.2) is 24.3 Å². The molecule has 0 fully saturated rings. The van der Waals surface area contributed by atoms with Crippen LogP contribution in [-0.4, -0.2) is 31.3 Å². The lowest BCUT2D eigenvalue weighted by atomic mass is 10.0. The number of hydrogen-bond donors (Lipinski definition) is 1. The number of hydrogen-bond acceptors (Lipinski definition) is 4. The second-order valence-electron chi connectivity index (χ2n) is 4.87. The Morgan fingerprint density at radius 1 is 1.20 bits per heavy atom. The molecule has 0 saturated heterocycles. The van der Waals surface area contributed by atoms with Gasteiger partial charge in [0.15, 0.2) is 0 Å². The molecule has 1 unspecified atom stereocenters. The van der Waals surface area contributed by atoms with E-state index in [4.69, 9.17) is 9.47 Å². The van der Waals surface area contributed by atoms with Gasteiger partial charge in [-0.2, -0.15) is 0 Å². The van der Waals surface area contributed by atoms with Crippen LogP contribution in [-0.2, 0) is 16.0 Å². The van der Waals surface area contributed by atoms with Gasteiger partial charge in [0.2, 0.25) is 0 Å². The van der Waals surface area contributed by atoms with Gasteiger partial charge in [-0.15, -0.1) is 0 Å². The van der Waals surface area contributed by atoms with E-state index in [1.165, 1.54) is 5.56 Å². The minimum absolute atomic E-state index is 0.241. The Labute approximate surface area is 121 Å². The summed E-state index contributed by atoms with van der Waals surface area (Å²) in [7, 11) is 0. The lowest BCUT2D eigenvalue weighted by molar-refractivity contribution is -0.151. The van der Waals surface area contributed by atoms with Crippen LogP contribution < -0.4 is 10.1 Å². The number of esters is 1. The second kappa shape index (κ2) is 7.90. The van der Waals surface area contributed by atoms with Gasteiger partial charge in [-0.1, -0.05) is 26.0 Å². The number of nitrogens with one attached hydrogen (secondary N) is 1. The van der Waals surface area contributed by atoms with Gasteiger partial charge in [-0.05, 0) is 44.5 Å². The van der Waals surface area contributed by atoms with Gasteiger partial charge < -0.3 is 9.47 Å². The van der Waals surface area contributed by atoms with Crippen molar-refractivity contribution in [3.63, 3.8) is 0 Å². The topological polar surface area (TPSA) is 47.6 Å². The smallest absolute Gasteiger partial charge is 0.329 e. The van der Waals surface area contributed by atoms with Gasteiger partial charge in [-0.3, -0.25) is 5.32 Å². The fraction of sp³-hybridized carbons (Fsp3) is 0.562. The van der Waals surface area contributed by atoms with E-state index in [9.17, 15) is 4.79 Å². The number of rotatable bonds is 8. The zero-order valence-electron chi connectivity index (χ0n) is 12.9. The molecule has 0 aliphatic rings. The number of carbonyl (C=O) groups excluding carboxylic acids is 1. The third-order valence-electron chi connectivity index (χ3n) is 3.15. The Hall–Kier alpha value is -1.55. The van der Waals surface area contributed by atoms with Crippen molar-refractivity contribution in [1.29, 1.82) is 0 Å². The zero-order chi connectivity index (χ0) is 15.0. The normalized spacial score (nSPS) is 13.6. The highest BCUT2D eigenvalue weighted by Crippen LogP contribution is 2.15. The molecule has 1 aromatic rings. The molecule has 0 amide bonds. The number of likely N-dealkylation sites (N-methyl/N-ethyl adjacent to an activating group) is 1. The van der Waals surface area contributed by atoms with Crippen LogP contribution in [0.2, 0.25) is 0 Å². The lowest BCUT2D eigenvalue weighted by Gasteiger charge is -2.28. The lowest BCUT2D eigenvalue weighted by Crippen LogP contribution is -2.54. The average Bonchev–Trinajstić information content (AvgIpc) is 2.46. The highest BCUT2D eigenvalue weighted by molar-refractivity contribution is 5.80. The molecule has 0 bridgehead atoms. The van der Waals surface area contributed by atoms with Crippen LogP contribution >= 0.6 is 0 Å². The van der Waals surface area contributed by atoms with E-state index in [2.05, 4.69) is 12.2 Å². The molecule has 1 aromatic carbocycles. The van der Waals surface area contributed by atoms with E-state index in [0.717, 1.165) is 12.2 Å². The van der Waals surface area contributed by atoms with E-state index in [1.54, 1.807) is 13.8 Å². The SMILES string of the molecule is CCNC(C)(COc1ccc(CC)cc1)C(=O)OCC. The molecule has 0 aliphatic carbocycles. The van der Waals surface area contributed by atoms with Gasteiger partial charge >= 0.3 is 5.97 Å². The summed E-state index contributed by atoms with van der Waals surface area (Å²) in [6.45, 7) is 8.94. The minimum Gasteiger partial charge on any atom is -0.491 e. The van der Waals surface area contributed by atoms with Crippen molar-refractivity contribution in [3.8, 4) is 5.75 Å². The summed E-state index contributed by atoms with van der Waals surface area (Å²) >= 11 is 0. The summed E-state index contributed by atoms with van der Waals surface area (Å²) in [4.78, 5) is 12.0. The van der Waals surface area contributed by atoms with Crippen LogP contribution in [0.3, 0.4) is 0 Å². The summed E-state index contributed by atoms with van der Waals surface area (Å²) < 4.78 is 10.8. The first-order chi connectivity index (χ1) is 9.55. The molecule has 0 saturated carbocycles. The number of carbonyl (C=O) groups is 1. The molecule has 112 valence electrons. The van der Waals surface area contributed by atoms with E-state index < -0.39 is 5.54 Å². The van der Waals surface area contributed by atoms with Crippen molar-refractivity contribution in [2.75, 3.05) is 19.8 Å². The van der Waals surface area contributed by atoms with Crippen molar-refractivity contribution < 1.29 is 14.3 Å². The Morgan fingerprint density at radius 3 is 2.35 bits per heavy atom. The molecule has 0 radical (unpaired) electrons. The largest absolute Gasteiger partial charge is 0.491 e. The Kier molecular flexibility index (Phi) is 6.52. The van der Waals surface area contributed by atoms with Crippen molar-refractivity contribution in [3.05, 3.63) is 29.8 Å². The maximum Gasteiger partial charge on any atom is 0.329 e. The molecule has 4 heteroatoms. The first-order valence-corrected chi connectivity index (χ1v) is 7.19. The van der Waals surface area contributed by atoms with Crippen LogP contribution in [0.4, 0.5) is 0 Å². The molecule has 0 spiro atoms. The minimum atomic E-state index is -0.825. The fourth-order valence-electron chi connectivity index (χ4n) is 1.91. The molecule has 4 nitrogen and oxygen atoms in total. The van der Waals surface area contributed by atoms with Crippen LogP contribution in [0.5, 0.6) is 5.75 Å². The predicted octanol–water partition coefficient (Wildman–Crippen LogP) is 2.56. The highest BCUT2D eigenvalue weighted by atomic mass is 16.5. The molecule has 1 rings (SSSR count). The standard InChI is InChI=1S/C16H25NO3/c1-5-13-8-10-14(11-9-13)20-12-16(4,17-6-2)15(18)19-7-3/h8-11,17H,5-7,12H2,1-4H3. The monoisotopic (exact) mass is 279 g/mol. The maximum absolute atomic E-state index is 12.0. The molecule has 0 heterocycles. The van der Waals surface area contributed by atoms with Gasteiger partial charge in [0, 0.05) is 0 Å². The van der Waals surface area contributed by atoms with Crippen LogP contribution in [0.25, 0.3) is 0 Å². The maximum atomic E-state index is 12.0. The Morgan fingerprint density at radius 2 is 1.85 bits per heavy atom. The first-order valence-electron chi connectivity index (χ1n) is 7.19. The molecular formula is C16H25NO3. The van der Waals surface area contributed by atoms with Crippen molar-refractivity contribution in [2.24, 2.45) is 0 Å². The fourth-order valence-corrected chi connectivity index (χ4v) is 1.91. The third-order valence-corrected chi connectivity index (χ3v) is 3.15. The summed E-state index contributed by atoms with van der Waals surface area (Å²) in [6, 6.07) is 7.92. The summed E-state index contributed by atoms with van der Waals surface area (Å²) in [6.07, 6.45) is 0.998. The molecule has 0 aromatic heterocycles. The highest BCUT2D eigenvalue weighted by Gasteiger charge is 2.34. The molecule has 1 N–H and O–H groups in total. The molecule has 0 aliphatic heterocycles. The Bertz CT molecular complexity index is 416. The van der Waals surface area contributed by atoms with Crippen molar-refractivity contribution >= 4 is 5.97 Å². The zero-order valence-corrected chi connectivity index (χ0v) is 12.9. The van der Waals surface area contributed by atoms with Gasteiger partial charge in [-0.25, -0.2) is 4.79 Å². The van der Waals surface area contributed by atoms with Gasteiger partial charge in [0.05, 0.1) is 6.61 Å². The van der Waals surface area contributed by atoms with Crippen molar-refractivity contribution in [2.45, 2.75) is 39.7 Å². The summed E-state index contributed by atoms with van der Waals surface area (Å²) in [5, 5.41) is 3.14. The third kappa shape index (κ3) is 4.53. The number of aryl methyl sites for hydroxylation is 1. The molecule has 20 heavy (non-hydrogen) atoms. The van der Waals surface area contributed by atoms with Crippen molar-refractivity contribution in [1.82, 2.24) is 5.32 Å². The van der Waals surface area contributed by atoms with Crippen LogP contribution in [0, 0.1) is 0 Å². The Balaban J connectivity index is 2.67. The van der Waals surface area contributed by atoms with E-state index in [-0.39, 0.29) is 12.6 Å². The quantitative estimate of drug-likeness (QED) is 0.743. The number of ether oxygens (including phenoxy) is 2. The predicted molar refractivity (Wildman–Crippen MR) is 80.0 cm³/mol. The number of benzene rings is 1.